The first-order valence-electron chi connectivity index (χ1n) is 13.8. The van der Waals surface area contributed by atoms with Crippen LogP contribution < -0.4 is 5.73 Å². The second-order valence-electron chi connectivity index (χ2n) is 11.8. The number of rotatable bonds is 8. The third-order valence-corrected chi connectivity index (χ3v) is 9.40. The SMILES string of the molecule is CC(Cc1c[nH]c2ccccc12)(C(N)=O)N(CCc1ccccc1)C(=O)OC1C2CC3CC(C2)CC1C3. The lowest BCUT2D eigenvalue weighted by Crippen LogP contribution is -2.61. The van der Waals surface area contributed by atoms with Crippen molar-refractivity contribution in [1.29, 1.82) is 0 Å². The summed E-state index contributed by atoms with van der Waals surface area (Å²) in [6.07, 6.45) is 8.40. The van der Waals surface area contributed by atoms with Gasteiger partial charge < -0.3 is 15.5 Å². The molecule has 4 aliphatic rings. The first-order valence-corrected chi connectivity index (χ1v) is 13.8. The zero-order valence-corrected chi connectivity index (χ0v) is 21.6. The number of H-pyrrole nitrogens is 1. The number of carbonyl (C=O) groups is 2. The van der Waals surface area contributed by atoms with Gasteiger partial charge in [0.05, 0.1) is 0 Å². The van der Waals surface area contributed by atoms with E-state index in [1.165, 1.54) is 6.42 Å². The van der Waals surface area contributed by atoms with Crippen molar-refractivity contribution in [2.24, 2.45) is 29.4 Å². The number of nitrogens with one attached hydrogen (secondary N) is 1. The Hall–Kier alpha value is -3.28. The number of benzene rings is 2. The third kappa shape index (κ3) is 4.51. The second kappa shape index (κ2) is 9.55. The van der Waals surface area contributed by atoms with Crippen LogP contribution >= 0.6 is 0 Å². The molecule has 7 rings (SSSR count). The monoisotopic (exact) mass is 499 g/mol. The van der Waals surface area contributed by atoms with Crippen molar-refractivity contribution in [1.82, 2.24) is 9.88 Å². The molecule has 1 atom stereocenters. The van der Waals surface area contributed by atoms with Crippen LogP contribution in [0.25, 0.3) is 10.9 Å². The maximum atomic E-state index is 14.0. The maximum absolute atomic E-state index is 14.0. The van der Waals surface area contributed by atoms with Gasteiger partial charge in [0.25, 0.3) is 0 Å². The minimum absolute atomic E-state index is 0.0512. The number of fused-ring (bicyclic) bond motifs is 1. The van der Waals surface area contributed by atoms with E-state index in [-0.39, 0.29) is 6.10 Å². The van der Waals surface area contributed by atoms with Crippen LogP contribution in [0.5, 0.6) is 0 Å². The first kappa shape index (κ1) is 24.1. The van der Waals surface area contributed by atoms with Crippen molar-refractivity contribution in [2.75, 3.05) is 6.54 Å². The predicted molar refractivity (Wildman–Crippen MR) is 144 cm³/mol. The Morgan fingerprint density at radius 3 is 2.30 bits per heavy atom. The molecule has 1 unspecified atom stereocenters. The number of carbonyl (C=O) groups excluding carboxylic acids is 2. The lowest BCUT2D eigenvalue weighted by molar-refractivity contribution is -0.132. The number of para-hydroxylation sites is 1. The van der Waals surface area contributed by atoms with E-state index in [2.05, 4.69) is 4.98 Å². The number of primary amides is 1. The zero-order chi connectivity index (χ0) is 25.6. The van der Waals surface area contributed by atoms with E-state index in [4.69, 9.17) is 10.5 Å². The van der Waals surface area contributed by atoms with Crippen LogP contribution in [0, 0.1) is 23.7 Å². The number of ether oxygens (including phenoxy) is 1. The van der Waals surface area contributed by atoms with Gasteiger partial charge in [0.15, 0.2) is 0 Å². The largest absolute Gasteiger partial charge is 0.445 e. The van der Waals surface area contributed by atoms with Crippen LogP contribution in [-0.2, 0) is 22.4 Å². The number of nitrogens with two attached hydrogens (primary N) is 1. The number of amides is 2. The van der Waals surface area contributed by atoms with Gasteiger partial charge >= 0.3 is 6.09 Å². The summed E-state index contributed by atoms with van der Waals surface area (Å²) in [5.41, 5.74) is 7.92. The van der Waals surface area contributed by atoms with Crippen molar-refractivity contribution in [2.45, 2.75) is 63.5 Å². The lowest BCUT2D eigenvalue weighted by atomic mass is 9.55. The maximum Gasteiger partial charge on any atom is 0.410 e. The smallest absolute Gasteiger partial charge is 0.410 e. The summed E-state index contributed by atoms with van der Waals surface area (Å²) in [5.74, 6) is 1.97. The highest BCUT2D eigenvalue weighted by atomic mass is 16.6. The van der Waals surface area contributed by atoms with Gasteiger partial charge in [-0.05, 0) is 86.3 Å². The topological polar surface area (TPSA) is 88.4 Å². The molecule has 3 N–H and O–H groups in total. The fourth-order valence-corrected chi connectivity index (χ4v) is 7.64. The standard InChI is InChI=1S/C31H37N3O3/c1-31(29(32)35,18-25-19-33-27-10-6-5-9-26(25)27)34(12-11-20-7-3-2-4-8-20)30(36)37-28-23-14-21-13-22(16-23)17-24(28)15-21/h2-10,19,21-24,28,33H,11-18H2,1H3,(H2,32,35). The molecule has 4 fully saturated rings. The van der Waals surface area contributed by atoms with Gasteiger partial charge in [-0.1, -0.05) is 48.5 Å². The molecule has 0 radical (unpaired) electrons. The molecule has 6 nitrogen and oxygen atoms in total. The number of nitrogens with zero attached hydrogens (tertiary/aromatic N) is 1. The predicted octanol–water partition coefficient (Wildman–Crippen LogP) is 5.46. The molecule has 2 amide bonds. The summed E-state index contributed by atoms with van der Waals surface area (Å²) in [6, 6.07) is 18.0. The van der Waals surface area contributed by atoms with E-state index in [1.54, 1.807) is 11.8 Å². The third-order valence-electron chi connectivity index (χ3n) is 9.40. The van der Waals surface area contributed by atoms with Gasteiger partial charge in [0.1, 0.15) is 11.6 Å². The van der Waals surface area contributed by atoms with Gasteiger partial charge in [0, 0.05) is 30.1 Å². The molecule has 4 aliphatic carbocycles. The number of aromatic nitrogens is 1. The number of hydrogen-bond acceptors (Lipinski definition) is 3. The van der Waals surface area contributed by atoms with E-state index >= 15 is 0 Å². The summed E-state index contributed by atoms with van der Waals surface area (Å²) in [6.45, 7) is 2.15. The fourth-order valence-electron chi connectivity index (χ4n) is 7.64. The van der Waals surface area contributed by atoms with Crippen molar-refractivity contribution in [3.63, 3.8) is 0 Å². The Balaban J connectivity index is 1.29. The lowest BCUT2D eigenvalue weighted by Gasteiger charge is -2.54. The van der Waals surface area contributed by atoms with Crippen molar-refractivity contribution in [3.05, 3.63) is 71.9 Å². The van der Waals surface area contributed by atoms with Crippen LogP contribution in [0.1, 0.15) is 50.2 Å². The highest BCUT2D eigenvalue weighted by molar-refractivity contribution is 5.90. The Morgan fingerprint density at radius 2 is 1.62 bits per heavy atom. The number of hydrogen-bond donors (Lipinski definition) is 2. The molecule has 1 heterocycles. The second-order valence-corrected chi connectivity index (χ2v) is 11.8. The molecular weight excluding hydrogens is 462 g/mol. The Kier molecular flexibility index (Phi) is 6.21. The average molecular weight is 500 g/mol. The van der Waals surface area contributed by atoms with Gasteiger partial charge in [-0.2, -0.15) is 0 Å². The molecule has 0 spiro atoms. The van der Waals surface area contributed by atoms with Gasteiger partial charge in [-0.3, -0.25) is 9.69 Å². The molecule has 0 aliphatic heterocycles. The van der Waals surface area contributed by atoms with Crippen LogP contribution in [0.2, 0.25) is 0 Å². The van der Waals surface area contributed by atoms with Gasteiger partial charge in [-0.25, -0.2) is 4.79 Å². The van der Waals surface area contributed by atoms with Crippen molar-refractivity contribution in [3.8, 4) is 0 Å². The van der Waals surface area contributed by atoms with Crippen molar-refractivity contribution >= 4 is 22.9 Å². The molecule has 4 bridgehead atoms. The van der Waals surface area contributed by atoms with Crippen LogP contribution in [0.3, 0.4) is 0 Å². The molecule has 4 saturated carbocycles. The van der Waals surface area contributed by atoms with Crippen LogP contribution in [-0.4, -0.2) is 40.1 Å². The highest BCUT2D eigenvalue weighted by Crippen LogP contribution is 2.54. The minimum Gasteiger partial charge on any atom is -0.445 e. The van der Waals surface area contributed by atoms with Crippen LogP contribution in [0.4, 0.5) is 4.79 Å². The Bertz CT molecular complexity index is 1260. The summed E-state index contributed by atoms with van der Waals surface area (Å²) in [5, 5.41) is 1.03. The summed E-state index contributed by atoms with van der Waals surface area (Å²) < 4.78 is 6.35. The molecule has 1 aromatic heterocycles. The molecule has 6 heteroatoms. The van der Waals surface area contributed by atoms with E-state index in [9.17, 15) is 9.59 Å². The summed E-state index contributed by atoms with van der Waals surface area (Å²) in [7, 11) is 0. The van der Waals surface area contributed by atoms with Gasteiger partial charge in [-0.15, -0.1) is 0 Å². The van der Waals surface area contributed by atoms with Crippen LogP contribution in [0.15, 0.2) is 60.8 Å². The summed E-state index contributed by atoms with van der Waals surface area (Å²) >= 11 is 0. The normalized spacial score (nSPS) is 27.6. The van der Waals surface area contributed by atoms with E-state index in [0.717, 1.165) is 59.5 Å². The Labute approximate surface area is 218 Å². The molecular formula is C31H37N3O3. The molecule has 194 valence electrons. The molecule has 0 saturated heterocycles. The first-order chi connectivity index (χ1) is 17.9. The minimum atomic E-state index is -1.23. The van der Waals surface area contributed by atoms with Gasteiger partial charge in [0.2, 0.25) is 5.91 Å². The van der Waals surface area contributed by atoms with E-state index in [0.29, 0.717) is 31.2 Å². The summed E-state index contributed by atoms with van der Waals surface area (Å²) in [4.78, 5) is 32.0. The van der Waals surface area contributed by atoms with Crippen molar-refractivity contribution < 1.29 is 14.3 Å². The number of aromatic amines is 1. The fraction of sp³-hybridized carbons (Fsp3) is 0.484. The Morgan fingerprint density at radius 1 is 0.973 bits per heavy atom. The van der Waals surface area contributed by atoms with E-state index in [1.807, 2.05) is 60.8 Å². The zero-order valence-electron chi connectivity index (χ0n) is 21.6. The molecule has 3 aromatic rings. The highest BCUT2D eigenvalue weighted by Gasteiger charge is 2.51. The quantitative estimate of drug-likeness (QED) is 0.431. The molecule has 37 heavy (non-hydrogen) atoms. The van der Waals surface area contributed by atoms with E-state index < -0.39 is 17.5 Å². The molecule has 2 aromatic carbocycles. The average Bonchev–Trinajstić information content (AvgIpc) is 3.29.